The summed E-state index contributed by atoms with van der Waals surface area (Å²) in [6, 6.07) is 7.23. The molecular weight excluding hydrogens is 303 g/mol. The molecule has 0 aliphatic carbocycles. The fourth-order valence-corrected chi connectivity index (χ4v) is 3.67. The average Bonchev–Trinajstić information content (AvgIpc) is 2.64. The Balaban J connectivity index is 1.94. The quantitative estimate of drug-likeness (QED) is 0.844. The van der Waals surface area contributed by atoms with Crippen molar-refractivity contribution in [3.05, 3.63) is 33.8 Å². The summed E-state index contributed by atoms with van der Waals surface area (Å²) in [6.07, 6.45) is 3.70. The van der Waals surface area contributed by atoms with E-state index in [-0.39, 0.29) is 6.04 Å². The van der Waals surface area contributed by atoms with E-state index >= 15 is 0 Å². The molecule has 1 aromatic carbocycles. The summed E-state index contributed by atoms with van der Waals surface area (Å²) < 4.78 is 0. The van der Waals surface area contributed by atoms with E-state index in [1.165, 1.54) is 32.4 Å². The minimum atomic E-state index is 0.255. The van der Waals surface area contributed by atoms with E-state index in [2.05, 4.69) is 31.0 Å². The molecule has 2 unspecified atom stereocenters. The van der Waals surface area contributed by atoms with Crippen LogP contribution in [0.4, 0.5) is 0 Å². The Morgan fingerprint density at radius 1 is 1.14 bits per heavy atom. The molecule has 1 N–H and O–H groups in total. The van der Waals surface area contributed by atoms with Gasteiger partial charge in [-0.3, -0.25) is 0 Å². The van der Waals surface area contributed by atoms with Crippen LogP contribution < -0.4 is 5.32 Å². The van der Waals surface area contributed by atoms with Gasteiger partial charge >= 0.3 is 0 Å². The van der Waals surface area contributed by atoms with Crippen molar-refractivity contribution in [3.63, 3.8) is 0 Å². The van der Waals surface area contributed by atoms with Gasteiger partial charge in [0.2, 0.25) is 0 Å². The molecule has 1 aromatic rings. The van der Waals surface area contributed by atoms with Crippen LogP contribution in [0.25, 0.3) is 0 Å². The smallest absolute Gasteiger partial charge is 0.0468 e. The second-order valence-electron chi connectivity index (χ2n) is 6.31. The van der Waals surface area contributed by atoms with Crippen molar-refractivity contribution in [1.82, 2.24) is 10.2 Å². The molecule has 1 saturated heterocycles. The van der Waals surface area contributed by atoms with Crippen LogP contribution in [-0.4, -0.2) is 30.1 Å². The number of rotatable bonds is 4. The molecule has 2 nitrogen and oxygen atoms in total. The van der Waals surface area contributed by atoms with E-state index in [1.807, 2.05) is 18.2 Å². The van der Waals surface area contributed by atoms with Gasteiger partial charge in [0, 0.05) is 28.2 Å². The number of nitrogens with one attached hydrogen (secondary N) is 1. The molecule has 118 valence electrons. The fourth-order valence-electron chi connectivity index (χ4n) is 3.10. The highest BCUT2D eigenvalue weighted by Crippen LogP contribution is 2.27. The van der Waals surface area contributed by atoms with Crippen molar-refractivity contribution in [2.45, 2.75) is 58.2 Å². The van der Waals surface area contributed by atoms with Crippen LogP contribution in [0.2, 0.25) is 10.0 Å². The van der Waals surface area contributed by atoms with Gasteiger partial charge in [-0.15, -0.1) is 0 Å². The third-order valence-electron chi connectivity index (χ3n) is 4.41. The molecule has 0 radical (unpaired) electrons. The van der Waals surface area contributed by atoms with Crippen LogP contribution in [0.15, 0.2) is 18.2 Å². The van der Waals surface area contributed by atoms with Crippen LogP contribution in [0.5, 0.6) is 0 Å². The van der Waals surface area contributed by atoms with Gasteiger partial charge < -0.3 is 10.2 Å². The Hall–Kier alpha value is -0.280. The maximum atomic E-state index is 6.31. The zero-order chi connectivity index (χ0) is 15.4. The first-order valence-corrected chi connectivity index (χ1v) is 8.68. The molecule has 4 heteroatoms. The molecule has 1 fully saturated rings. The molecule has 1 aliphatic rings. The highest BCUT2D eigenvalue weighted by molar-refractivity contribution is 6.35. The molecule has 0 spiro atoms. The molecule has 1 heterocycles. The van der Waals surface area contributed by atoms with Crippen molar-refractivity contribution >= 4 is 23.2 Å². The van der Waals surface area contributed by atoms with Gasteiger partial charge in [0.15, 0.2) is 0 Å². The van der Waals surface area contributed by atoms with E-state index < -0.39 is 0 Å². The minimum absolute atomic E-state index is 0.255. The third kappa shape index (κ3) is 4.85. The van der Waals surface area contributed by atoms with Gasteiger partial charge in [-0.2, -0.15) is 0 Å². The first kappa shape index (κ1) is 17.1. The first-order valence-electron chi connectivity index (χ1n) is 7.92. The van der Waals surface area contributed by atoms with Gasteiger partial charge in [0.1, 0.15) is 0 Å². The average molecular weight is 329 g/mol. The number of hydrogen-bond acceptors (Lipinski definition) is 2. The standard InChI is InChI=1S/C17H26Cl2N2/c1-12(2)21-9-4-5-15(8-10-21)20-13(3)16-7-6-14(18)11-17(16)19/h6-7,11-13,15,20H,4-5,8-10H2,1-3H3. The van der Waals surface area contributed by atoms with Crippen molar-refractivity contribution in [3.8, 4) is 0 Å². The number of likely N-dealkylation sites (tertiary alicyclic amines) is 1. The number of nitrogens with zero attached hydrogens (tertiary/aromatic N) is 1. The Morgan fingerprint density at radius 3 is 2.57 bits per heavy atom. The molecule has 0 bridgehead atoms. The predicted molar refractivity (Wildman–Crippen MR) is 92.4 cm³/mol. The van der Waals surface area contributed by atoms with Crippen LogP contribution in [0.3, 0.4) is 0 Å². The summed E-state index contributed by atoms with van der Waals surface area (Å²) in [5, 5.41) is 5.18. The van der Waals surface area contributed by atoms with E-state index in [0.717, 1.165) is 10.6 Å². The first-order chi connectivity index (χ1) is 9.97. The van der Waals surface area contributed by atoms with E-state index in [0.29, 0.717) is 17.1 Å². The molecule has 2 atom stereocenters. The van der Waals surface area contributed by atoms with Crippen LogP contribution in [0, 0.1) is 0 Å². The maximum Gasteiger partial charge on any atom is 0.0468 e. The lowest BCUT2D eigenvalue weighted by molar-refractivity contribution is 0.228. The second-order valence-corrected chi connectivity index (χ2v) is 7.16. The predicted octanol–water partition coefficient (Wildman–Crippen LogP) is 4.91. The number of halogens is 2. The van der Waals surface area contributed by atoms with Crippen molar-refractivity contribution < 1.29 is 0 Å². The highest BCUT2D eigenvalue weighted by atomic mass is 35.5. The fraction of sp³-hybridized carbons (Fsp3) is 0.647. The molecule has 0 saturated carbocycles. The van der Waals surface area contributed by atoms with Crippen molar-refractivity contribution in [1.29, 1.82) is 0 Å². The zero-order valence-corrected chi connectivity index (χ0v) is 14.7. The molecule has 0 aromatic heterocycles. The van der Waals surface area contributed by atoms with Gasteiger partial charge in [-0.05, 0) is 70.8 Å². The largest absolute Gasteiger partial charge is 0.307 e. The molecule has 21 heavy (non-hydrogen) atoms. The van der Waals surface area contributed by atoms with Crippen LogP contribution >= 0.6 is 23.2 Å². The second kappa shape index (κ2) is 7.82. The van der Waals surface area contributed by atoms with E-state index in [9.17, 15) is 0 Å². The lowest BCUT2D eigenvalue weighted by atomic mass is 10.0. The summed E-state index contributed by atoms with van der Waals surface area (Å²) >= 11 is 12.3. The Bertz CT molecular complexity index is 462. The van der Waals surface area contributed by atoms with E-state index in [1.54, 1.807) is 0 Å². The Kier molecular flexibility index (Phi) is 6.36. The summed E-state index contributed by atoms with van der Waals surface area (Å²) in [7, 11) is 0. The lowest BCUT2D eigenvalue weighted by Crippen LogP contribution is -2.35. The zero-order valence-electron chi connectivity index (χ0n) is 13.2. The maximum absolute atomic E-state index is 6.31. The van der Waals surface area contributed by atoms with Gasteiger partial charge in [-0.25, -0.2) is 0 Å². The molecule has 0 amide bonds. The van der Waals surface area contributed by atoms with Crippen molar-refractivity contribution in [2.75, 3.05) is 13.1 Å². The highest BCUT2D eigenvalue weighted by Gasteiger charge is 2.20. The topological polar surface area (TPSA) is 15.3 Å². The summed E-state index contributed by atoms with van der Waals surface area (Å²) in [4.78, 5) is 2.57. The molecule has 1 aliphatic heterocycles. The normalized spacial score (nSPS) is 22.3. The Labute approximate surface area is 138 Å². The summed E-state index contributed by atoms with van der Waals surface area (Å²) in [5.41, 5.74) is 1.13. The van der Waals surface area contributed by atoms with Crippen LogP contribution in [-0.2, 0) is 0 Å². The van der Waals surface area contributed by atoms with Gasteiger partial charge in [-0.1, -0.05) is 29.3 Å². The lowest BCUT2D eigenvalue weighted by Gasteiger charge is -2.25. The van der Waals surface area contributed by atoms with Crippen molar-refractivity contribution in [2.24, 2.45) is 0 Å². The van der Waals surface area contributed by atoms with Gasteiger partial charge in [0.05, 0.1) is 0 Å². The van der Waals surface area contributed by atoms with E-state index in [4.69, 9.17) is 23.2 Å². The summed E-state index contributed by atoms with van der Waals surface area (Å²) in [5.74, 6) is 0. The third-order valence-corrected chi connectivity index (χ3v) is 4.97. The van der Waals surface area contributed by atoms with Crippen LogP contribution in [0.1, 0.15) is 51.6 Å². The monoisotopic (exact) mass is 328 g/mol. The van der Waals surface area contributed by atoms with Gasteiger partial charge in [0.25, 0.3) is 0 Å². The summed E-state index contributed by atoms with van der Waals surface area (Å²) in [6.45, 7) is 9.14. The minimum Gasteiger partial charge on any atom is -0.307 e. The number of benzene rings is 1. The number of hydrogen-bond donors (Lipinski definition) is 1. The SMILES string of the molecule is CC(NC1CCCN(C(C)C)CC1)c1ccc(Cl)cc1Cl. The molecular formula is C17H26Cl2N2. The molecule has 2 rings (SSSR count). The Morgan fingerprint density at radius 2 is 1.90 bits per heavy atom.